The minimum Gasteiger partial charge on any atom is -0.369 e. The molecule has 0 atom stereocenters. The molecule has 0 radical (unpaired) electrons. The average Bonchev–Trinajstić information content (AvgIpc) is 3.13. The zero-order chi connectivity index (χ0) is 16.1. The highest BCUT2D eigenvalue weighted by Crippen LogP contribution is 2.47. The van der Waals surface area contributed by atoms with Crippen LogP contribution >= 0.6 is 11.3 Å². The predicted molar refractivity (Wildman–Crippen MR) is 93.9 cm³/mol. The van der Waals surface area contributed by atoms with E-state index in [4.69, 9.17) is 0 Å². The highest BCUT2D eigenvalue weighted by atomic mass is 32.2. The zero-order valence-electron chi connectivity index (χ0n) is 13.3. The van der Waals surface area contributed by atoms with E-state index >= 15 is 0 Å². The Kier molecular flexibility index (Phi) is 3.61. The van der Waals surface area contributed by atoms with Gasteiger partial charge in [-0.1, -0.05) is 0 Å². The summed E-state index contributed by atoms with van der Waals surface area (Å²) in [5.74, 6) is 1.15. The molecule has 2 aromatic rings. The van der Waals surface area contributed by atoms with E-state index in [0.29, 0.717) is 6.54 Å². The van der Waals surface area contributed by atoms with E-state index in [2.05, 4.69) is 15.3 Å². The molecular weight excluding hydrogens is 330 g/mol. The Morgan fingerprint density at radius 2 is 2.04 bits per heavy atom. The summed E-state index contributed by atoms with van der Waals surface area (Å²) in [6, 6.07) is 0. The Morgan fingerprint density at radius 1 is 1.26 bits per heavy atom. The lowest BCUT2D eigenvalue weighted by Crippen LogP contribution is -2.24. The van der Waals surface area contributed by atoms with Gasteiger partial charge < -0.3 is 5.32 Å². The van der Waals surface area contributed by atoms with Gasteiger partial charge in [0.25, 0.3) is 0 Å². The monoisotopic (exact) mass is 351 g/mol. The summed E-state index contributed by atoms with van der Waals surface area (Å²) in [5.41, 5.74) is 1.31. The van der Waals surface area contributed by atoms with Crippen molar-refractivity contribution in [3.8, 4) is 0 Å². The van der Waals surface area contributed by atoms with Crippen LogP contribution in [-0.4, -0.2) is 36.9 Å². The van der Waals surface area contributed by atoms with E-state index in [1.165, 1.54) is 34.9 Å². The number of sulfone groups is 1. The standard InChI is InChI=1S/C16H21N3O2S2/c1-23(20,21)9-16(6-7-16)8-17-14-13-11-4-2-3-5-12(11)22-15(13)19-10-18-14/h10H,2-9H2,1H3,(H,17,18,19). The minimum atomic E-state index is -2.94. The van der Waals surface area contributed by atoms with Crippen LogP contribution in [0.2, 0.25) is 0 Å². The summed E-state index contributed by atoms with van der Waals surface area (Å²) in [6.07, 6.45) is 9.62. The van der Waals surface area contributed by atoms with E-state index in [9.17, 15) is 8.42 Å². The molecule has 0 amide bonds. The first-order valence-corrected chi connectivity index (χ1v) is 11.0. The van der Waals surface area contributed by atoms with E-state index in [0.717, 1.165) is 36.3 Å². The molecule has 0 aliphatic heterocycles. The third-order valence-electron chi connectivity index (χ3n) is 4.91. The first-order chi connectivity index (χ1) is 11.0. The van der Waals surface area contributed by atoms with Gasteiger partial charge in [-0.15, -0.1) is 11.3 Å². The Morgan fingerprint density at radius 3 is 2.78 bits per heavy atom. The van der Waals surface area contributed by atoms with Crippen LogP contribution in [0, 0.1) is 5.41 Å². The van der Waals surface area contributed by atoms with Gasteiger partial charge >= 0.3 is 0 Å². The summed E-state index contributed by atoms with van der Waals surface area (Å²) in [5, 5.41) is 4.61. The average molecular weight is 351 g/mol. The molecule has 2 aliphatic rings. The van der Waals surface area contributed by atoms with Gasteiger partial charge in [0.1, 0.15) is 26.8 Å². The van der Waals surface area contributed by atoms with Crippen LogP contribution in [0.15, 0.2) is 6.33 Å². The first kappa shape index (κ1) is 15.3. The van der Waals surface area contributed by atoms with E-state index in [-0.39, 0.29) is 11.2 Å². The van der Waals surface area contributed by atoms with Crippen molar-refractivity contribution >= 4 is 37.2 Å². The molecule has 124 valence electrons. The van der Waals surface area contributed by atoms with Crippen LogP contribution in [0.5, 0.6) is 0 Å². The molecule has 0 bridgehead atoms. The van der Waals surface area contributed by atoms with Crippen LogP contribution in [0.3, 0.4) is 0 Å². The van der Waals surface area contributed by atoms with Crippen molar-refractivity contribution in [1.82, 2.24) is 9.97 Å². The second-order valence-electron chi connectivity index (χ2n) is 7.04. The molecule has 2 aromatic heterocycles. The molecule has 2 heterocycles. The highest BCUT2D eigenvalue weighted by Gasteiger charge is 2.45. The van der Waals surface area contributed by atoms with Crippen molar-refractivity contribution in [1.29, 1.82) is 0 Å². The van der Waals surface area contributed by atoms with Crippen molar-refractivity contribution in [2.45, 2.75) is 38.5 Å². The topological polar surface area (TPSA) is 72.0 Å². The SMILES string of the molecule is CS(=O)(=O)CC1(CNc2ncnc3sc4c(c23)CCCC4)CC1. The predicted octanol–water partition coefficient (Wildman–Crippen LogP) is 2.81. The molecule has 0 unspecified atom stereocenters. The van der Waals surface area contributed by atoms with Crippen molar-refractivity contribution in [3.05, 3.63) is 16.8 Å². The van der Waals surface area contributed by atoms with Crippen LogP contribution in [-0.2, 0) is 22.7 Å². The molecule has 4 rings (SSSR count). The molecule has 5 nitrogen and oxygen atoms in total. The first-order valence-electron chi connectivity index (χ1n) is 8.13. The Balaban J connectivity index is 1.61. The highest BCUT2D eigenvalue weighted by molar-refractivity contribution is 7.90. The number of hydrogen-bond donors (Lipinski definition) is 1. The summed E-state index contributed by atoms with van der Waals surface area (Å²) in [6.45, 7) is 0.677. The molecule has 1 N–H and O–H groups in total. The van der Waals surface area contributed by atoms with Crippen LogP contribution in [0.25, 0.3) is 10.2 Å². The van der Waals surface area contributed by atoms with Gasteiger partial charge in [0.2, 0.25) is 0 Å². The molecular formula is C16H21N3O2S2. The molecule has 2 aliphatic carbocycles. The third-order valence-corrected chi connectivity index (χ3v) is 7.24. The van der Waals surface area contributed by atoms with E-state index in [1.54, 1.807) is 17.7 Å². The minimum absolute atomic E-state index is 0.0963. The van der Waals surface area contributed by atoms with Gasteiger partial charge in [-0.05, 0) is 44.1 Å². The lowest BCUT2D eigenvalue weighted by atomic mass is 9.97. The van der Waals surface area contributed by atoms with Gasteiger partial charge in [0, 0.05) is 23.1 Å². The fourth-order valence-corrected chi connectivity index (χ4v) is 6.33. The number of nitrogens with one attached hydrogen (secondary N) is 1. The van der Waals surface area contributed by atoms with Gasteiger partial charge in [0.15, 0.2) is 0 Å². The van der Waals surface area contributed by atoms with Crippen molar-refractivity contribution in [2.24, 2.45) is 5.41 Å². The quantitative estimate of drug-likeness (QED) is 0.897. The molecule has 0 saturated heterocycles. The van der Waals surface area contributed by atoms with Crippen LogP contribution in [0.4, 0.5) is 5.82 Å². The Hall–Kier alpha value is -1.21. The van der Waals surface area contributed by atoms with Crippen LogP contribution in [0.1, 0.15) is 36.1 Å². The number of thiophene rings is 1. The molecule has 1 saturated carbocycles. The Labute approximate surface area is 140 Å². The zero-order valence-corrected chi connectivity index (χ0v) is 14.9. The summed E-state index contributed by atoms with van der Waals surface area (Å²) < 4.78 is 23.2. The second-order valence-corrected chi connectivity index (χ2v) is 10.3. The van der Waals surface area contributed by atoms with Crippen LogP contribution < -0.4 is 5.32 Å². The summed E-state index contributed by atoms with van der Waals surface area (Å²) >= 11 is 1.79. The van der Waals surface area contributed by atoms with Gasteiger partial charge in [-0.3, -0.25) is 0 Å². The van der Waals surface area contributed by atoms with Crippen molar-refractivity contribution < 1.29 is 8.42 Å². The normalized spacial score (nSPS) is 19.5. The maximum absolute atomic E-state index is 11.6. The lowest BCUT2D eigenvalue weighted by Gasteiger charge is -2.16. The number of aryl methyl sites for hydroxylation is 2. The van der Waals surface area contributed by atoms with Gasteiger partial charge in [-0.25, -0.2) is 18.4 Å². The second kappa shape index (κ2) is 5.41. The molecule has 7 heteroatoms. The van der Waals surface area contributed by atoms with E-state index < -0.39 is 9.84 Å². The number of aromatic nitrogens is 2. The number of anilines is 1. The number of fused-ring (bicyclic) bond motifs is 3. The largest absolute Gasteiger partial charge is 0.369 e. The maximum Gasteiger partial charge on any atom is 0.148 e. The molecule has 1 fully saturated rings. The Bertz CT molecular complexity index is 854. The number of rotatable bonds is 5. The molecule has 23 heavy (non-hydrogen) atoms. The summed E-state index contributed by atoms with van der Waals surface area (Å²) in [4.78, 5) is 11.4. The maximum atomic E-state index is 11.6. The third kappa shape index (κ3) is 3.08. The van der Waals surface area contributed by atoms with Crippen molar-refractivity contribution in [2.75, 3.05) is 23.9 Å². The van der Waals surface area contributed by atoms with E-state index in [1.807, 2.05) is 0 Å². The summed E-state index contributed by atoms with van der Waals surface area (Å²) in [7, 11) is -2.94. The smallest absolute Gasteiger partial charge is 0.148 e. The van der Waals surface area contributed by atoms with Gasteiger partial charge in [0.05, 0.1) is 11.1 Å². The fourth-order valence-electron chi connectivity index (χ4n) is 3.60. The number of hydrogen-bond acceptors (Lipinski definition) is 6. The van der Waals surface area contributed by atoms with Crippen molar-refractivity contribution in [3.63, 3.8) is 0 Å². The van der Waals surface area contributed by atoms with Gasteiger partial charge in [-0.2, -0.15) is 0 Å². The fraction of sp³-hybridized carbons (Fsp3) is 0.625. The molecule has 0 aromatic carbocycles. The number of nitrogens with zero attached hydrogens (tertiary/aromatic N) is 2. The lowest BCUT2D eigenvalue weighted by molar-refractivity contribution is 0.560. The molecule has 0 spiro atoms.